The fourth-order valence-corrected chi connectivity index (χ4v) is 1.18. The summed E-state index contributed by atoms with van der Waals surface area (Å²) in [4.78, 5) is 2.08. The molecular weight excluding hydrogens is 148 g/mol. The van der Waals surface area contributed by atoms with Crippen LogP contribution < -0.4 is 5.73 Å². The molecule has 0 rings (SSSR count). The predicted molar refractivity (Wildman–Crippen MR) is 53.8 cm³/mol. The molecule has 0 aliphatic heterocycles. The van der Waals surface area contributed by atoms with Crippen LogP contribution in [0.2, 0.25) is 0 Å². The maximum atomic E-state index is 5.88. The number of likely N-dealkylation sites (N-methyl/N-ethyl adjacent to an activating group) is 1. The Bertz CT molecular complexity index is 137. The third-order valence-electron chi connectivity index (χ3n) is 1.84. The van der Waals surface area contributed by atoms with E-state index >= 15 is 0 Å². The minimum atomic E-state index is 0.281. The van der Waals surface area contributed by atoms with E-state index in [-0.39, 0.29) is 6.04 Å². The summed E-state index contributed by atoms with van der Waals surface area (Å²) in [5.74, 6) is 2.60. The monoisotopic (exact) mass is 168 g/mol. The molecule has 0 fully saturated rings. The summed E-state index contributed by atoms with van der Waals surface area (Å²) in [6.07, 6.45) is 8.70. The third kappa shape index (κ3) is 6.21. The molecule has 0 saturated carbocycles. The molecule has 0 amide bonds. The molecule has 0 aromatic heterocycles. The van der Waals surface area contributed by atoms with Gasteiger partial charge in [0.15, 0.2) is 0 Å². The normalized spacial score (nSPS) is 12.9. The summed E-state index contributed by atoms with van der Waals surface area (Å²) in [6, 6.07) is 0.281. The van der Waals surface area contributed by atoms with Crippen molar-refractivity contribution in [3.8, 4) is 12.3 Å². The van der Waals surface area contributed by atoms with Gasteiger partial charge in [0.25, 0.3) is 0 Å². The average Bonchev–Trinajstić information content (AvgIpc) is 2.01. The van der Waals surface area contributed by atoms with Crippen LogP contribution in [-0.4, -0.2) is 31.1 Å². The Hall–Kier alpha value is -0.520. The second-order valence-corrected chi connectivity index (χ2v) is 3.30. The second-order valence-electron chi connectivity index (χ2n) is 3.30. The molecule has 0 aromatic rings. The van der Waals surface area contributed by atoms with Crippen LogP contribution in [0.1, 0.15) is 26.2 Å². The average molecular weight is 168 g/mol. The molecule has 12 heavy (non-hydrogen) atoms. The fourth-order valence-electron chi connectivity index (χ4n) is 1.18. The van der Waals surface area contributed by atoms with Gasteiger partial charge in [0.05, 0.1) is 6.54 Å². The first-order valence-corrected chi connectivity index (χ1v) is 4.58. The lowest BCUT2D eigenvalue weighted by atomic mass is 10.1. The van der Waals surface area contributed by atoms with Crippen LogP contribution in [0, 0.1) is 12.3 Å². The SMILES string of the molecule is C#CCN(C)CC(N)CCCC. The minimum absolute atomic E-state index is 0.281. The number of hydrogen-bond acceptors (Lipinski definition) is 2. The van der Waals surface area contributed by atoms with Gasteiger partial charge in [0.2, 0.25) is 0 Å². The molecule has 2 heteroatoms. The summed E-state index contributed by atoms with van der Waals surface area (Å²) in [5.41, 5.74) is 5.88. The van der Waals surface area contributed by atoms with Crippen molar-refractivity contribution in [1.82, 2.24) is 4.90 Å². The van der Waals surface area contributed by atoms with Crippen LogP contribution in [0.25, 0.3) is 0 Å². The third-order valence-corrected chi connectivity index (χ3v) is 1.84. The standard InChI is InChI=1S/C10H20N2/c1-4-6-7-10(11)9-12(3)8-5-2/h2,10H,4,6-9,11H2,1,3H3. The van der Waals surface area contributed by atoms with Crippen molar-refractivity contribution in [2.24, 2.45) is 5.73 Å². The van der Waals surface area contributed by atoms with Crippen LogP contribution in [0.5, 0.6) is 0 Å². The summed E-state index contributed by atoms with van der Waals surface area (Å²) < 4.78 is 0. The van der Waals surface area contributed by atoms with Gasteiger partial charge >= 0.3 is 0 Å². The molecule has 70 valence electrons. The van der Waals surface area contributed by atoms with E-state index < -0.39 is 0 Å². The molecule has 0 aliphatic rings. The molecule has 1 unspecified atom stereocenters. The van der Waals surface area contributed by atoms with E-state index in [1.54, 1.807) is 0 Å². The summed E-state index contributed by atoms with van der Waals surface area (Å²) in [6.45, 7) is 3.78. The van der Waals surface area contributed by atoms with Gasteiger partial charge in [-0.05, 0) is 13.5 Å². The highest BCUT2D eigenvalue weighted by Crippen LogP contribution is 1.99. The Morgan fingerprint density at radius 1 is 1.58 bits per heavy atom. The number of unbranched alkanes of at least 4 members (excludes halogenated alkanes) is 1. The summed E-state index contributed by atoms with van der Waals surface area (Å²) in [5, 5.41) is 0. The van der Waals surface area contributed by atoms with E-state index in [9.17, 15) is 0 Å². The Labute approximate surface area is 76.1 Å². The molecule has 0 spiro atoms. The lowest BCUT2D eigenvalue weighted by molar-refractivity contribution is 0.335. The van der Waals surface area contributed by atoms with Gasteiger partial charge in [0.1, 0.15) is 0 Å². The molecule has 1 atom stereocenters. The highest BCUT2D eigenvalue weighted by molar-refractivity contribution is 4.87. The van der Waals surface area contributed by atoms with Crippen molar-refractivity contribution in [1.29, 1.82) is 0 Å². The van der Waals surface area contributed by atoms with Crippen LogP contribution in [0.4, 0.5) is 0 Å². The molecule has 2 N–H and O–H groups in total. The quantitative estimate of drug-likeness (QED) is 0.601. The van der Waals surface area contributed by atoms with Crippen molar-refractivity contribution in [2.75, 3.05) is 20.1 Å². The van der Waals surface area contributed by atoms with E-state index in [0.717, 1.165) is 13.0 Å². The van der Waals surface area contributed by atoms with Gasteiger partial charge in [-0.2, -0.15) is 0 Å². The number of terminal acetylenes is 1. The van der Waals surface area contributed by atoms with E-state index in [1.807, 2.05) is 7.05 Å². The Morgan fingerprint density at radius 2 is 2.25 bits per heavy atom. The first-order chi connectivity index (χ1) is 5.70. The zero-order chi connectivity index (χ0) is 9.40. The van der Waals surface area contributed by atoms with Gasteiger partial charge < -0.3 is 5.73 Å². The van der Waals surface area contributed by atoms with Crippen molar-refractivity contribution >= 4 is 0 Å². The lowest BCUT2D eigenvalue weighted by Crippen LogP contribution is -2.35. The second kappa shape index (κ2) is 7.15. The molecule has 0 bridgehead atoms. The highest BCUT2D eigenvalue weighted by Gasteiger charge is 2.04. The van der Waals surface area contributed by atoms with Gasteiger partial charge in [-0.15, -0.1) is 6.42 Å². The van der Waals surface area contributed by atoms with Crippen LogP contribution in [0.3, 0.4) is 0 Å². The smallest absolute Gasteiger partial charge is 0.0596 e. The maximum absolute atomic E-state index is 5.88. The zero-order valence-electron chi connectivity index (χ0n) is 8.21. The Kier molecular flexibility index (Phi) is 6.84. The van der Waals surface area contributed by atoms with Crippen LogP contribution in [0.15, 0.2) is 0 Å². The number of hydrogen-bond donors (Lipinski definition) is 1. The molecule has 0 aliphatic carbocycles. The largest absolute Gasteiger partial charge is 0.327 e. The summed E-state index contributed by atoms with van der Waals surface area (Å²) >= 11 is 0. The molecule has 0 radical (unpaired) electrons. The van der Waals surface area contributed by atoms with E-state index in [2.05, 4.69) is 17.7 Å². The Morgan fingerprint density at radius 3 is 2.75 bits per heavy atom. The maximum Gasteiger partial charge on any atom is 0.0596 e. The molecule has 0 saturated heterocycles. The predicted octanol–water partition coefficient (Wildman–Crippen LogP) is 1.07. The van der Waals surface area contributed by atoms with Gasteiger partial charge in [-0.3, -0.25) is 4.90 Å². The van der Waals surface area contributed by atoms with Crippen molar-refractivity contribution in [2.45, 2.75) is 32.2 Å². The van der Waals surface area contributed by atoms with Crippen LogP contribution >= 0.6 is 0 Å². The van der Waals surface area contributed by atoms with Crippen molar-refractivity contribution in [3.05, 3.63) is 0 Å². The van der Waals surface area contributed by atoms with Crippen LogP contribution in [-0.2, 0) is 0 Å². The van der Waals surface area contributed by atoms with Crippen molar-refractivity contribution in [3.63, 3.8) is 0 Å². The summed E-state index contributed by atoms with van der Waals surface area (Å²) in [7, 11) is 2.01. The Balaban J connectivity index is 3.41. The highest BCUT2D eigenvalue weighted by atomic mass is 15.1. The van der Waals surface area contributed by atoms with Gasteiger partial charge in [-0.25, -0.2) is 0 Å². The molecular formula is C10H20N2. The molecule has 2 nitrogen and oxygen atoms in total. The first-order valence-electron chi connectivity index (χ1n) is 4.58. The van der Waals surface area contributed by atoms with Crippen molar-refractivity contribution < 1.29 is 0 Å². The molecule has 0 heterocycles. The number of nitrogens with zero attached hydrogens (tertiary/aromatic N) is 1. The number of nitrogens with two attached hydrogens (primary N) is 1. The molecule has 0 aromatic carbocycles. The number of rotatable bonds is 6. The minimum Gasteiger partial charge on any atom is -0.327 e. The topological polar surface area (TPSA) is 29.3 Å². The first kappa shape index (κ1) is 11.5. The van der Waals surface area contributed by atoms with Gasteiger partial charge in [0, 0.05) is 12.6 Å². The van der Waals surface area contributed by atoms with E-state index in [0.29, 0.717) is 6.54 Å². The fraction of sp³-hybridized carbons (Fsp3) is 0.800. The lowest BCUT2D eigenvalue weighted by Gasteiger charge is -2.18. The zero-order valence-corrected chi connectivity index (χ0v) is 8.21. The van der Waals surface area contributed by atoms with E-state index in [1.165, 1.54) is 12.8 Å². The van der Waals surface area contributed by atoms with Gasteiger partial charge in [-0.1, -0.05) is 25.7 Å². The van der Waals surface area contributed by atoms with E-state index in [4.69, 9.17) is 12.2 Å².